The fourth-order valence-corrected chi connectivity index (χ4v) is 1.79. The van der Waals surface area contributed by atoms with E-state index in [9.17, 15) is 9.18 Å². The van der Waals surface area contributed by atoms with Gasteiger partial charge in [0.2, 0.25) is 0 Å². The molecular weight excluding hydrogens is 261 g/mol. The van der Waals surface area contributed by atoms with E-state index in [1.54, 1.807) is 12.1 Å². The van der Waals surface area contributed by atoms with Crippen molar-refractivity contribution < 1.29 is 19.0 Å². The highest BCUT2D eigenvalue weighted by atomic mass is 19.1. The molecule has 2 rings (SSSR count). The van der Waals surface area contributed by atoms with E-state index in [0.717, 1.165) is 5.56 Å². The topological polar surface area (TPSA) is 72.5 Å². The van der Waals surface area contributed by atoms with Gasteiger partial charge in [-0.1, -0.05) is 6.07 Å². The van der Waals surface area contributed by atoms with Crippen LogP contribution in [0.4, 0.5) is 10.1 Å². The number of anilines is 1. The number of aryl methyl sites for hydroxylation is 1. The number of ether oxygens (including phenoxy) is 1. The molecule has 0 radical (unpaired) electrons. The Balaban J connectivity index is 2.23. The van der Waals surface area contributed by atoms with Crippen LogP contribution in [0, 0.1) is 12.7 Å². The summed E-state index contributed by atoms with van der Waals surface area (Å²) in [7, 11) is 0. The lowest BCUT2D eigenvalue weighted by atomic mass is 10.1. The van der Waals surface area contributed by atoms with Crippen molar-refractivity contribution in [3.05, 3.63) is 58.9 Å². The molecule has 20 heavy (non-hydrogen) atoms. The van der Waals surface area contributed by atoms with Gasteiger partial charge in [-0.15, -0.1) is 0 Å². The van der Waals surface area contributed by atoms with Crippen molar-refractivity contribution in [3.8, 4) is 5.75 Å². The molecule has 0 aromatic heterocycles. The van der Waals surface area contributed by atoms with Gasteiger partial charge in [0.1, 0.15) is 23.7 Å². The molecular formula is C15H14FNO3. The van der Waals surface area contributed by atoms with E-state index in [-0.39, 0.29) is 23.7 Å². The molecule has 2 aromatic rings. The first-order valence-electron chi connectivity index (χ1n) is 5.98. The second-order valence-electron chi connectivity index (χ2n) is 4.42. The monoisotopic (exact) mass is 275 g/mol. The maximum absolute atomic E-state index is 13.2. The molecule has 0 spiro atoms. The summed E-state index contributed by atoms with van der Waals surface area (Å²) in [6.07, 6.45) is 0. The Kier molecular flexibility index (Phi) is 3.89. The van der Waals surface area contributed by atoms with Crippen molar-refractivity contribution in [1.82, 2.24) is 0 Å². The molecule has 0 fully saturated rings. The third-order valence-electron chi connectivity index (χ3n) is 2.93. The number of carboxylic acid groups (broad SMARTS) is 1. The first kappa shape index (κ1) is 13.9. The second-order valence-corrected chi connectivity index (χ2v) is 4.42. The third kappa shape index (κ3) is 3.06. The SMILES string of the molecule is Cc1ccc(F)cc1COc1ccc(N)cc1C(=O)O. The smallest absolute Gasteiger partial charge is 0.339 e. The van der Waals surface area contributed by atoms with Crippen molar-refractivity contribution in [2.75, 3.05) is 5.73 Å². The number of nitrogen functional groups attached to an aromatic ring is 1. The van der Waals surface area contributed by atoms with Gasteiger partial charge >= 0.3 is 5.97 Å². The quantitative estimate of drug-likeness (QED) is 0.841. The molecule has 0 bridgehead atoms. The van der Waals surface area contributed by atoms with Crippen LogP contribution >= 0.6 is 0 Å². The minimum atomic E-state index is -1.12. The molecule has 4 nitrogen and oxygen atoms in total. The highest BCUT2D eigenvalue weighted by Gasteiger charge is 2.12. The van der Waals surface area contributed by atoms with E-state index in [1.807, 2.05) is 6.92 Å². The minimum absolute atomic E-state index is 0.0148. The van der Waals surface area contributed by atoms with Crippen LogP contribution in [-0.4, -0.2) is 11.1 Å². The van der Waals surface area contributed by atoms with E-state index in [2.05, 4.69) is 0 Å². The summed E-state index contributed by atoms with van der Waals surface area (Å²) in [5.41, 5.74) is 7.42. The summed E-state index contributed by atoms with van der Waals surface area (Å²) < 4.78 is 18.6. The summed E-state index contributed by atoms with van der Waals surface area (Å²) in [6.45, 7) is 1.92. The molecule has 0 aliphatic heterocycles. The molecule has 0 atom stereocenters. The summed E-state index contributed by atoms with van der Waals surface area (Å²) in [5, 5.41) is 9.09. The lowest BCUT2D eigenvalue weighted by Crippen LogP contribution is -2.05. The minimum Gasteiger partial charge on any atom is -0.488 e. The van der Waals surface area contributed by atoms with E-state index in [1.165, 1.54) is 24.3 Å². The molecule has 0 aliphatic carbocycles. The van der Waals surface area contributed by atoms with Crippen LogP contribution in [0.2, 0.25) is 0 Å². The molecule has 0 amide bonds. The lowest BCUT2D eigenvalue weighted by Gasteiger charge is -2.11. The van der Waals surface area contributed by atoms with Gasteiger partial charge < -0.3 is 15.6 Å². The molecule has 2 aromatic carbocycles. The van der Waals surface area contributed by atoms with Gasteiger partial charge in [-0.2, -0.15) is 0 Å². The maximum Gasteiger partial charge on any atom is 0.339 e. The highest BCUT2D eigenvalue weighted by molar-refractivity contribution is 5.92. The zero-order valence-corrected chi connectivity index (χ0v) is 10.9. The largest absolute Gasteiger partial charge is 0.488 e. The average Bonchev–Trinajstić information content (AvgIpc) is 2.40. The van der Waals surface area contributed by atoms with Gasteiger partial charge in [-0.05, 0) is 48.4 Å². The van der Waals surface area contributed by atoms with Crippen molar-refractivity contribution >= 4 is 11.7 Å². The number of rotatable bonds is 4. The van der Waals surface area contributed by atoms with E-state index < -0.39 is 5.97 Å². The number of hydrogen-bond donors (Lipinski definition) is 2. The van der Waals surface area contributed by atoms with Crippen LogP contribution in [0.25, 0.3) is 0 Å². The number of benzene rings is 2. The van der Waals surface area contributed by atoms with E-state index in [4.69, 9.17) is 15.6 Å². The Morgan fingerprint density at radius 1 is 1.30 bits per heavy atom. The predicted octanol–water partition coefficient (Wildman–Crippen LogP) is 2.99. The molecule has 0 unspecified atom stereocenters. The normalized spacial score (nSPS) is 10.3. The highest BCUT2D eigenvalue weighted by Crippen LogP contribution is 2.23. The van der Waals surface area contributed by atoms with Gasteiger partial charge in [0.05, 0.1) is 0 Å². The first-order chi connectivity index (χ1) is 9.47. The van der Waals surface area contributed by atoms with Gasteiger partial charge in [0, 0.05) is 5.69 Å². The maximum atomic E-state index is 13.2. The van der Waals surface area contributed by atoms with Gasteiger partial charge in [0.15, 0.2) is 0 Å². The van der Waals surface area contributed by atoms with Gasteiger partial charge in [0.25, 0.3) is 0 Å². The number of hydrogen-bond acceptors (Lipinski definition) is 3. The van der Waals surface area contributed by atoms with E-state index >= 15 is 0 Å². The first-order valence-corrected chi connectivity index (χ1v) is 5.98. The van der Waals surface area contributed by atoms with Gasteiger partial charge in [-0.3, -0.25) is 0 Å². The molecule has 5 heteroatoms. The fourth-order valence-electron chi connectivity index (χ4n) is 1.79. The number of nitrogens with two attached hydrogens (primary N) is 1. The average molecular weight is 275 g/mol. The second kappa shape index (κ2) is 5.61. The summed E-state index contributed by atoms with van der Waals surface area (Å²) in [5.74, 6) is -1.27. The molecule has 0 heterocycles. The van der Waals surface area contributed by atoms with Crippen LogP contribution in [0.5, 0.6) is 5.75 Å². The Hall–Kier alpha value is -2.56. The van der Waals surface area contributed by atoms with Crippen LogP contribution in [0.15, 0.2) is 36.4 Å². The number of aromatic carboxylic acids is 1. The van der Waals surface area contributed by atoms with Crippen molar-refractivity contribution in [2.24, 2.45) is 0 Å². The van der Waals surface area contributed by atoms with Crippen LogP contribution in [0.3, 0.4) is 0 Å². The zero-order chi connectivity index (χ0) is 14.7. The van der Waals surface area contributed by atoms with Crippen LogP contribution < -0.4 is 10.5 Å². The predicted molar refractivity (Wildman–Crippen MR) is 73.3 cm³/mol. The molecule has 3 N–H and O–H groups in total. The Labute approximate surface area is 115 Å². The Morgan fingerprint density at radius 2 is 2.05 bits per heavy atom. The van der Waals surface area contributed by atoms with Crippen molar-refractivity contribution in [2.45, 2.75) is 13.5 Å². The van der Waals surface area contributed by atoms with Crippen molar-refractivity contribution in [3.63, 3.8) is 0 Å². The number of halogens is 1. The summed E-state index contributed by atoms with van der Waals surface area (Å²) >= 11 is 0. The molecule has 0 aliphatic rings. The number of carbonyl (C=O) groups is 1. The summed E-state index contributed by atoms with van der Waals surface area (Å²) in [4.78, 5) is 11.1. The van der Waals surface area contributed by atoms with Crippen molar-refractivity contribution in [1.29, 1.82) is 0 Å². The standard InChI is InChI=1S/C15H14FNO3/c1-9-2-3-11(16)6-10(9)8-20-14-5-4-12(17)7-13(14)15(18)19/h2-7H,8,17H2,1H3,(H,18,19). The Morgan fingerprint density at radius 3 is 2.75 bits per heavy atom. The number of carboxylic acids is 1. The van der Waals surface area contributed by atoms with Gasteiger partial charge in [-0.25, -0.2) is 9.18 Å². The molecule has 0 saturated heterocycles. The summed E-state index contributed by atoms with van der Waals surface area (Å²) in [6, 6.07) is 8.76. The van der Waals surface area contributed by atoms with Crippen LogP contribution in [0.1, 0.15) is 21.5 Å². The van der Waals surface area contributed by atoms with E-state index in [0.29, 0.717) is 11.3 Å². The molecule has 0 saturated carbocycles. The van der Waals surface area contributed by atoms with Crippen LogP contribution in [-0.2, 0) is 6.61 Å². The third-order valence-corrected chi connectivity index (χ3v) is 2.93. The molecule has 104 valence electrons. The lowest BCUT2D eigenvalue weighted by molar-refractivity contribution is 0.0692. The zero-order valence-electron chi connectivity index (χ0n) is 10.9. The fraction of sp³-hybridized carbons (Fsp3) is 0.133. The Bertz CT molecular complexity index is 656.